The van der Waals surface area contributed by atoms with Crippen molar-refractivity contribution in [1.29, 1.82) is 0 Å². The number of hydrogen-bond acceptors (Lipinski definition) is 6. The lowest BCUT2D eigenvalue weighted by atomic mass is 10.3. The molecule has 0 radical (unpaired) electrons. The van der Waals surface area contributed by atoms with Gasteiger partial charge in [0.25, 0.3) is 0 Å². The van der Waals surface area contributed by atoms with Gasteiger partial charge in [0.05, 0.1) is 12.7 Å². The standard InChI is InChI=1S/C11H21ClN3O3PS/c1-6-9(5)17-19(20,16-7-2)18-11-13-10(12)15(14-11)8(3)4/h8-9H,6-7H2,1-5H3. The van der Waals surface area contributed by atoms with Crippen molar-refractivity contribution in [2.75, 3.05) is 6.61 Å². The molecule has 20 heavy (non-hydrogen) atoms. The van der Waals surface area contributed by atoms with E-state index in [0.717, 1.165) is 6.42 Å². The Kier molecular flexibility index (Phi) is 6.88. The third-order valence-corrected chi connectivity index (χ3v) is 5.06. The molecule has 2 unspecified atom stereocenters. The lowest BCUT2D eigenvalue weighted by molar-refractivity contribution is 0.155. The van der Waals surface area contributed by atoms with Crippen LogP contribution in [0.5, 0.6) is 6.01 Å². The summed E-state index contributed by atoms with van der Waals surface area (Å²) in [5, 5.41) is 4.41. The summed E-state index contributed by atoms with van der Waals surface area (Å²) in [5.74, 6) is 0. The van der Waals surface area contributed by atoms with E-state index in [2.05, 4.69) is 10.1 Å². The maximum atomic E-state index is 5.98. The fraction of sp³-hybridized carbons (Fsp3) is 0.818. The van der Waals surface area contributed by atoms with Gasteiger partial charge in [0.1, 0.15) is 0 Å². The fourth-order valence-electron chi connectivity index (χ4n) is 1.28. The van der Waals surface area contributed by atoms with Gasteiger partial charge < -0.3 is 4.52 Å². The first-order valence-electron chi connectivity index (χ1n) is 6.55. The number of rotatable bonds is 8. The minimum absolute atomic E-state index is 0.0601. The van der Waals surface area contributed by atoms with Gasteiger partial charge in [-0.15, -0.1) is 5.10 Å². The molecule has 116 valence electrons. The van der Waals surface area contributed by atoms with Crippen LogP contribution in [-0.2, 0) is 20.9 Å². The first-order chi connectivity index (χ1) is 9.31. The maximum Gasteiger partial charge on any atom is 0.383 e. The largest absolute Gasteiger partial charge is 0.388 e. The van der Waals surface area contributed by atoms with Crippen molar-refractivity contribution in [1.82, 2.24) is 14.8 Å². The molecule has 1 aromatic heterocycles. The molecule has 0 bridgehead atoms. The van der Waals surface area contributed by atoms with Crippen LogP contribution in [0.1, 0.15) is 47.1 Å². The zero-order valence-electron chi connectivity index (χ0n) is 12.4. The van der Waals surface area contributed by atoms with E-state index in [1.165, 1.54) is 0 Å². The quantitative estimate of drug-likeness (QED) is 0.667. The molecule has 2 atom stereocenters. The van der Waals surface area contributed by atoms with Gasteiger partial charge in [-0.2, -0.15) is 4.98 Å². The predicted octanol–water partition coefficient (Wildman–Crippen LogP) is 3.97. The number of hydrogen-bond donors (Lipinski definition) is 0. The minimum Gasteiger partial charge on any atom is -0.388 e. The smallest absolute Gasteiger partial charge is 0.383 e. The summed E-state index contributed by atoms with van der Waals surface area (Å²) in [6.45, 7) is 7.11. The van der Waals surface area contributed by atoms with Crippen LogP contribution in [0, 0.1) is 0 Å². The molecule has 9 heteroatoms. The fourth-order valence-corrected chi connectivity index (χ4v) is 3.89. The van der Waals surface area contributed by atoms with Gasteiger partial charge in [-0.05, 0) is 45.7 Å². The highest BCUT2D eigenvalue weighted by atomic mass is 35.5. The van der Waals surface area contributed by atoms with Gasteiger partial charge in [-0.3, -0.25) is 9.05 Å². The average molecular weight is 342 g/mol. The molecule has 0 saturated carbocycles. The van der Waals surface area contributed by atoms with Crippen LogP contribution in [0.15, 0.2) is 0 Å². The second kappa shape index (κ2) is 7.71. The van der Waals surface area contributed by atoms with Crippen molar-refractivity contribution in [3.8, 4) is 6.01 Å². The van der Waals surface area contributed by atoms with E-state index in [-0.39, 0.29) is 23.4 Å². The maximum absolute atomic E-state index is 5.98. The average Bonchev–Trinajstić information content (AvgIpc) is 2.69. The molecule has 1 rings (SSSR count). The van der Waals surface area contributed by atoms with Crippen LogP contribution in [0.25, 0.3) is 0 Å². The van der Waals surface area contributed by atoms with Crippen molar-refractivity contribution >= 4 is 30.1 Å². The normalized spacial score (nSPS) is 16.1. The first kappa shape index (κ1) is 17.9. The third kappa shape index (κ3) is 4.97. The summed E-state index contributed by atoms with van der Waals surface area (Å²) in [5.41, 5.74) is 0. The highest BCUT2D eigenvalue weighted by Crippen LogP contribution is 2.50. The molecule has 0 aliphatic rings. The van der Waals surface area contributed by atoms with Gasteiger partial charge in [0.15, 0.2) is 0 Å². The zero-order valence-corrected chi connectivity index (χ0v) is 14.8. The van der Waals surface area contributed by atoms with E-state index in [4.69, 9.17) is 37.0 Å². The first-order valence-corrected chi connectivity index (χ1v) is 9.49. The van der Waals surface area contributed by atoms with Crippen LogP contribution in [0.4, 0.5) is 0 Å². The number of halogens is 1. The highest BCUT2D eigenvalue weighted by Gasteiger charge is 2.27. The molecule has 0 spiro atoms. The van der Waals surface area contributed by atoms with E-state index in [1.54, 1.807) is 4.68 Å². The van der Waals surface area contributed by atoms with E-state index < -0.39 is 6.72 Å². The van der Waals surface area contributed by atoms with E-state index in [0.29, 0.717) is 6.61 Å². The molecule has 6 nitrogen and oxygen atoms in total. The SMILES string of the molecule is CCOP(=S)(Oc1nc(Cl)n(C(C)C)n1)OC(C)CC. The molecular formula is C11H21ClN3O3PS. The molecule has 1 heterocycles. The summed E-state index contributed by atoms with van der Waals surface area (Å²) in [7, 11) is 0. The Morgan fingerprint density at radius 2 is 2.00 bits per heavy atom. The van der Waals surface area contributed by atoms with Gasteiger partial charge >= 0.3 is 12.7 Å². The van der Waals surface area contributed by atoms with Crippen molar-refractivity contribution in [2.24, 2.45) is 0 Å². The molecule has 1 aromatic rings. The summed E-state index contributed by atoms with van der Waals surface area (Å²) in [4.78, 5) is 4.03. The molecule has 0 aliphatic carbocycles. The van der Waals surface area contributed by atoms with Crippen LogP contribution in [0.3, 0.4) is 0 Å². The second-order valence-electron chi connectivity index (χ2n) is 4.48. The summed E-state index contributed by atoms with van der Waals surface area (Å²) < 4.78 is 18.3. The summed E-state index contributed by atoms with van der Waals surface area (Å²) in [6.07, 6.45) is 0.749. The van der Waals surface area contributed by atoms with Crippen molar-refractivity contribution < 1.29 is 13.6 Å². The minimum atomic E-state index is -2.91. The van der Waals surface area contributed by atoms with Crippen molar-refractivity contribution in [2.45, 2.75) is 53.2 Å². The molecule has 0 aromatic carbocycles. The van der Waals surface area contributed by atoms with E-state index in [1.807, 2.05) is 34.6 Å². The van der Waals surface area contributed by atoms with Gasteiger partial charge in [0.2, 0.25) is 5.28 Å². The molecule has 0 aliphatic heterocycles. The van der Waals surface area contributed by atoms with E-state index in [9.17, 15) is 0 Å². The van der Waals surface area contributed by atoms with E-state index >= 15 is 0 Å². The van der Waals surface area contributed by atoms with Gasteiger partial charge in [-0.25, -0.2) is 4.68 Å². The Morgan fingerprint density at radius 1 is 1.35 bits per heavy atom. The van der Waals surface area contributed by atoms with Gasteiger partial charge in [0, 0.05) is 17.8 Å². The summed E-state index contributed by atoms with van der Waals surface area (Å²) in [6, 6.07) is 0.163. The second-order valence-corrected chi connectivity index (χ2v) is 7.71. The van der Waals surface area contributed by atoms with Crippen LogP contribution < -0.4 is 4.52 Å². The van der Waals surface area contributed by atoms with Crippen LogP contribution >= 0.6 is 18.3 Å². The Bertz CT molecular complexity index is 483. The van der Waals surface area contributed by atoms with Crippen LogP contribution in [0.2, 0.25) is 5.28 Å². The highest BCUT2D eigenvalue weighted by molar-refractivity contribution is 8.07. The summed E-state index contributed by atoms with van der Waals surface area (Å²) >= 11 is 11.3. The lowest BCUT2D eigenvalue weighted by Gasteiger charge is -2.22. The molecule has 0 N–H and O–H groups in total. The molecular weight excluding hydrogens is 321 g/mol. The molecule has 0 amide bonds. The Balaban J connectivity index is 2.90. The Labute approximate surface area is 130 Å². The Morgan fingerprint density at radius 3 is 2.45 bits per heavy atom. The predicted molar refractivity (Wildman–Crippen MR) is 82.8 cm³/mol. The van der Waals surface area contributed by atoms with Crippen molar-refractivity contribution in [3.05, 3.63) is 5.28 Å². The van der Waals surface area contributed by atoms with Crippen molar-refractivity contribution in [3.63, 3.8) is 0 Å². The van der Waals surface area contributed by atoms with Gasteiger partial charge in [-0.1, -0.05) is 6.92 Å². The molecule has 0 saturated heterocycles. The zero-order chi connectivity index (χ0) is 15.3. The third-order valence-electron chi connectivity index (χ3n) is 2.42. The Hall–Kier alpha value is -0.200. The monoisotopic (exact) mass is 341 g/mol. The lowest BCUT2D eigenvalue weighted by Crippen LogP contribution is -2.11. The number of nitrogens with zero attached hydrogens (tertiary/aromatic N) is 3. The topological polar surface area (TPSA) is 58.4 Å². The van der Waals surface area contributed by atoms with Crippen LogP contribution in [-0.4, -0.2) is 27.5 Å². The molecule has 0 fully saturated rings. The number of aromatic nitrogens is 3.